The third kappa shape index (κ3) is 7.72. The molecule has 4 aromatic rings. The highest BCUT2D eigenvalue weighted by molar-refractivity contribution is 7.61. The molecular formula is C21H25N7O17P3+. The van der Waals surface area contributed by atoms with E-state index in [-0.39, 0.29) is 22.5 Å². The van der Waals surface area contributed by atoms with Crippen molar-refractivity contribution in [2.45, 2.75) is 31.1 Å². The van der Waals surface area contributed by atoms with Crippen molar-refractivity contribution in [3.63, 3.8) is 0 Å². The maximum Gasteiger partial charge on any atom is 0.525 e. The number of furan rings is 1. The summed E-state index contributed by atoms with van der Waals surface area (Å²) in [5, 5.41) is 31.3. The molecule has 0 radical (unpaired) electrons. The molecule has 5 rings (SSSR count). The van der Waals surface area contributed by atoms with Crippen LogP contribution in [0.4, 0.5) is 5.82 Å². The van der Waals surface area contributed by atoms with Crippen molar-refractivity contribution in [2.75, 3.05) is 12.3 Å². The van der Waals surface area contributed by atoms with Gasteiger partial charge in [0.15, 0.2) is 41.2 Å². The van der Waals surface area contributed by atoms with Crippen LogP contribution >= 0.6 is 23.5 Å². The Bertz CT molecular complexity index is 2000. The summed E-state index contributed by atoms with van der Waals surface area (Å²) in [5.41, 5.74) is 10.9. The predicted octanol–water partition coefficient (Wildman–Crippen LogP) is -1.38. The molecule has 1 saturated heterocycles. The molecule has 4 aromatic heterocycles. The van der Waals surface area contributed by atoms with Crippen molar-refractivity contribution in [2.24, 2.45) is 5.73 Å². The molecule has 24 nitrogen and oxygen atoms in total. The summed E-state index contributed by atoms with van der Waals surface area (Å²) in [6.45, 7) is -2.21. The van der Waals surface area contributed by atoms with Crippen molar-refractivity contribution < 1.29 is 85.0 Å². The van der Waals surface area contributed by atoms with E-state index in [2.05, 4.69) is 32.8 Å². The fourth-order valence-electron chi connectivity index (χ4n) is 4.29. The van der Waals surface area contributed by atoms with E-state index in [1.807, 2.05) is 0 Å². The number of anilines is 1. The van der Waals surface area contributed by atoms with Crippen LogP contribution in [0.5, 0.6) is 11.5 Å². The number of aliphatic hydroxyl groups excluding tert-OH is 2. The Hall–Kier alpha value is -3.86. The summed E-state index contributed by atoms with van der Waals surface area (Å²) in [6.07, 6.45) is -1.54. The van der Waals surface area contributed by atoms with Crippen LogP contribution in [-0.2, 0) is 38.4 Å². The Morgan fingerprint density at radius 2 is 1.77 bits per heavy atom. The molecule has 27 heteroatoms. The summed E-state index contributed by atoms with van der Waals surface area (Å²) >= 11 is 0. The number of hydrogen-bond donors (Lipinski definition) is 9. The van der Waals surface area contributed by atoms with Crippen molar-refractivity contribution in [1.29, 1.82) is 0 Å². The standard InChI is InChI=1S/C21H24N7O17P3/c22-17-12-19(25-7-24-17)28(8-26-12)21-16(44-46(33,34)35)14(30)11(43-21)6-41-48(38,39)45-47(36,37)40-5-10-13(29)15(31)20(42-10)27-3-1-2-9(4-27)18(23)32/h1-4,7-8,10,13,15,20,29,31H,5-6H2,(H8-,22,23,24,25,30,32,33,34,35,36,37,38,39)/p+1/t10-,13+,15+,20-/m1/s1. The van der Waals surface area contributed by atoms with Crippen molar-refractivity contribution in [3.8, 4) is 17.4 Å². The quantitative estimate of drug-likeness (QED) is 0.0563. The van der Waals surface area contributed by atoms with Crippen LogP contribution in [-0.4, -0.2) is 85.2 Å². The van der Waals surface area contributed by atoms with Gasteiger partial charge in [0.2, 0.25) is 11.5 Å². The largest absolute Gasteiger partial charge is 0.525 e. The Labute approximate surface area is 266 Å². The van der Waals surface area contributed by atoms with Gasteiger partial charge in [-0.2, -0.15) is 8.88 Å². The number of hydrogen-bond acceptors (Lipinski definition) is 17. The monoisotopic (exact) mass is 740 g/mol. The number of amides is 1. The number of aromatic hydroxyl groups is 1. The van der Waals surface area contributed by atoms with E-state index in [1.54, 1.807) is 0 Å². The number of phosphoric ester groups is 3. The topological polar surface area (TPSA) is 369 Å². The predicted molar refractivity (Wildman–Crippen MR) is 150 cm³/mol. The maximum atomic E-state index is 12.5. The number of aliphatic hydroxyl groups is 2. The highest BCUT2D eigenvalue weighted by atomic mass is 31.3. The third-order valence-electron chi connectivity index (χ3n) is 6.39. The lowest BCUT2D eigenvalue weighted by atomic mass is 10.1. The van der Waals surface area contributed by atoms with E-state index in [0.717, 1.165) is 17.2 Å². The third-order valence-corrected chi connectivity index (χ3v) is 9.39. The van der Waals surface area contributed by atoms with Crippen molar-refractivity contribution >= 4 is 46.4 Å². The molecule has 6 atom stereocenters. The van der Waals surface area contributed by atoms with Crippen LogP contribution < -0.4 is 20.6 Å². The van der Waals surface area contributed by atoms with Gasteiger partial charge in [-0.25, -0.2) is 33.2 Å². The molecule has 0 aromatic carbocycles. The molecule has 1 aliphatic rings. The Morgan fingerprint density at radius 1 is 1.06 bits per heavy atom. The van der Waals surface area contributed by atoms with E-state index < -0.39 is 90.3 Å². The minimum absolute atomic E-state index is 0.0110. The lowest BCUT2D eigenvalue weighted by Gasteiger charge is -2.18. The smallest absolute Gasteiger partial charge is 0.502 e. The molecule has 0 spiro atoms. The average molecular weight is 740 g/mol. The van der Waals surface area contributed by atoms with Gasteiger partial charge in [-0.15, -0.1) is 0 Å². The van der Waals surface area contributed by atoms with Crippen LogP contribution in [0.3, 0.4) is 0 Å². The molecule has 1 aliphatic heterocycles. The number of fused-ring (bicyclic) bond motifs is 1. The molecule has 1 fully saturated rings. The maximum absolute atomic E-state index is 12.5. The number of carbonyl (C=O) groups excluding carboxylic acids is 1. The molecule has 260 valence electrons. The van der Waals surface area contributed by atoms with Gasteiger partial charge in [0.1, 0.15) is 37.0 Å². The Morgan fingerprint density at radius 3 is 2.46 bits per heavy atom. The molecule has 0 aliphatic carbocycles. The Kier molecular flexibility index (Phi) is 9.76. The number of phosphoric acid groups is 3. The SMILES string of the molecule is NC(=O)c1ccc[n+]([C@@H]2O[C@H](COP(=O)(O)OP(=O)(O)OCc3oc(-n4cnc5c(N)ncnc54)c(OP(=O)(O)O)c3O)[C@H](O)[C@@H]2O)c1. The summed E-state index contributed by atoms with van der Waals surface area (Å²) in [5.74, 6) is -4.47. The molecule has 0 bridgehead atoms. The fourth-order valence-corrected chi connectivity index (χ4v) is 6.73. The molecule has 11 N–H and O–H groups in total. The minimum Gasteiger partial charge on any atom is -0.502 e. The van der Waals surface area contributed by atoms with Crippen LogP contribution in [0, 0.1) is 0 Å². The van der Waals surface area contributed by atoms with Crippen LogP contribution in [0.25, 0.3) is 17.0 Å². The van der Waals surface area contributed by atoms with Gasteiger partial charge < -0.3 is 50.3 Å². The summed E-state index contributed by atoms with van der Waals surface area (Å²) < 4.78 is 67.5. The Balaban J connectivity index is 1.27. The van der Waals surface area contributed by atoms with E-state index in [0.29, 0.717) is 0 Å². The normalized spacial score (nSPS) is 22.4. The van der Waals surface area contributed by atoms with Gasteiger partial charge in [-0.3, -0.25) is 23.6 Å². The average Bonchev–Trinajstić information content (AvgIpc) is 3.64. The fraction of sp³-hybridized carbons (Fsp3) is 0.286. The highest BCUT2D eigenvalue weighted by Crippen LogP contribution is 2.61. The highest BCUT2D eigenvalue weighted by Gasteiger charge is 2.49. The van der Waals surface area contributed by atoms with Crippen LogP contribution in [0.1, 0.15) is 22.3 Å². The molecule has 1 amide bonds. The zero-order chi connectivity index (χ0) is 35.2. The van der Waals surface area contributed by atoms with E-state index in [9.17, 15) is 53.4 Å². The summed E-state index contributed by atoms with van der Waals surface area (Å²) in [7, 11) is -16.4. The first kappa shape index (κ1) is 35.4. The number of imidazole rings is 1. The van der Waals surface area contributed by atoms with E-state index in [4.69, 9.17) is 20.6 Å². The number of pyridine rings is 1. The number of primary amides is 1. The van der Waals surface area contributed by atoms with E-state index in [1.165, 1.54) is 29.1 Å². The number of nitrogen functional groups attached to an aromatic ring is 1. The summed E-state index contributed by atoms with van der Waals surface area (Å²) in [6, 6.07) is 2.78. The second-order valence-electron chi connectivity index (χ2n) is 9.67. The van der Waals surface area contributed by atoms with Gasteiger partial charge in [0, 0.05) is 6.07 Å². The number of carbonyl (C=O) groups is 1. The van der Waals surface area contributed by atoms with Gasteiger partial charge in [-0.1, -0.05) is 0 Å². The number of nitrogens with zero attached hydrogens (tertiary/aromatic N) is 5. The van der Waals surface area contributed by atoms with Crippen LogP contribution in [0.2, 0.25) is 0 Å². The van der Waals surface area contributed by atoms with E-state index >= 15 is 0 Å². The number of rotatable bonds is 13. The van der Waals surface area contributed by atoms with Gasteiger partial charge in [0.05, 0.1) is 6.61 Å². The molecule has 48 heavy (non-hydrogen) atoms. The summed E-state index contributed by atoms with van der Waals surface area (Å²) in [4.78, 5) is 61.9. The minimum atomic E-state index is -5.58. The van der Waals surface area contributed by atoms with Gasteiger partial charge in [-0.05, 0) is 6.07 Å². The number of ether oxygens (including phenoxy) is 1. The van der Waals surface area contributed by atoms with Gasteiger partial charge >= 0.3 is 23.5 Å². The zero-order valence-corrected chi connectivity index (χ0v) is 26.3. The van der Waals surface area contributed by atoms with Crippen LogP contribution in [0.15, 0.2) is 41.6 Å². The first-order valence-electron chi connectivity index (χ1n) is 12.9. The first-order valence-corrected chi connectivity index (χ1v) is 17.4. The second kappa shape index (κ2) is 13.2. The number of aromatic nitrogens is 5. The molecular weight excluding hydrogens is 715 g/mol. The van der Waals surface area contributed by atoms with Crippen molar-refractivity contribution in [1.82, 2.24) is 19.5 Å². The first-order chi connectivity index (χ1) is 22.4. The second-order valence-corrected chi connectivity index (χ2v) is 13.9. The molecule has 2 unspecified atom stereocenters. The van der Waals surface area contributed by atoms with Gasteiger partial charge in [0.25, 0.3) is 18.0 Å². The van der Waals surface area contributed by atoms with Crippen molar-refractivity contribution in [3.05, 3.63) is 48.5 Å². The molecule has 5 heterocycles. The molecule has 0 saturated carbocycles. The zero-order valence-electron chi connectivity index (χ0n) is 23.6. The number of nitrogens with two attached hydrogens (primary N) is 2. The lowest BCUT2D eigenvalue weighted by Crippen LogP contribution is -2.46. The lowest BCUT2D eigenvalue weighted by molar-refractivity contribution is -0.765.